The molecule has 0 spiro atoms. The number of rotatable bonds is 2. The molecule has 1 nitrogen and oxygen atoms in total. The van der Waals surface area contributed by atoms with Crippen molar-refractivity contribution in [1.82, 2.24) is 5.32 Å². The molecule has 1 unspecified atom stereocenters. The molecule has 88 valence electrons. The number of hydrogen-bond donors (Lipinski definition) is 1. The largest absolute Gasteiger partial charge is 0.310 e. The molecule has 3 heteroatoms. The number of hydrogen-bond acceptors (Lipinski definition) is 1. The molecule has 0 radical (unpaired) electrons. The van der Waals surface area contributed by atoms with Gasteiger partial charge in [0.25, 0.3) is 0 Å². The monoisotopic (exact) mass is 225 g/mol. The Bertz CT molecular complexity index is 370. The zero-order valence-electron chi connectivity index (χ0n) is 9.52. The van der Waals surface area contributed by atoms with E-state index in [9.17, 15) is 8.78 Å². The average Bonchev–Trinajstić information content (AvgIpc) is 2.33. The van der Waals surface area contributed by atoms with Gasteiger partial charge in [0.15, 0.2) is 11.6 Å². The normalized spacial score (nSPS) is 21.1. The topological polar surface area (TPSA) is 12.0 Å². The van der Waals surface area contributed by atoms with Crippen molar-refractivity contribution >= 4 is 0 Å². The second kappa shape index (κ2) is 4.91. The highest BCUT2D eigenvalue weighted by atomic mass is 19.2. The maximum atomic E-state index is 13.7. The van der Waals surface area contributed by atoms with Crippen molar-refractivity contribution in [3.63, 3.8) is 0 Å². The first kappa shape index (κ1) is 11.5. The van der Waals surface area contributed by atoms with Crippen molar-refractivity contribution in [1.29, 1.82) is 0 Å². The Morgan fingerprint density at radius 2 is 2.12 bits per heavy atom. The van der Waals surface area contributed by atoms with Crippen LogP contribution in [0.1, 0.15) is 43.4 Å². The predicted octanol–water partition coefficient (Wildman–Crippen LogP) is 3.34. The third kappa shape index (κ3) is 2.24. The Morgan fingerprint density at radius 3 is 2.75 bits per heavy atom. The Balaban J connectivity index is 2.33. The van der Waals surface area contributed by atoms with Gasteiger partial charge in [0.1, 0.15) is 0 Å². The van der Waals surface area contributed by atoms with E-state index in [4.69, 9.17) is 0 Å². The van der Waals surface area contributed by atoms with Gasteiger partial charge in [0.05, 0.1) is 0 Å². The van der Waals surface area contributed by atoms with Crippen LogP contribution in [-0.2, 0) is 6.42 Å². The summed E-state index contributed by atoms with van der Waals surface area (Å²) in [5, 5.41) is 3.25. The highest BCUT2D eigenvalue weighted by molar-refractivity contribution is 5.29. The predicted molar refractivity (Wildman–Crippen MR) is 60.3 cm³/mol. The molecule has 1 saturated heterocycles. The van der Waals surface area contributed by atoms with Crippen LogP contribution in [0.15, 0.2) is 12.1 Å². The fourth-order valence-electron chi connectivity index (χ4n) is 2.24. The van der Waals surface area contributed by atoms with E-state index < -0.39 is 11.6 Å². The van der Waals surface area contributed by atoms with E-state index in [1.807, 2.05) is 6.92 Å². The third-order valence-corrected chi connectivity index (χ3v) is 3.21. The molecule has 16 heavy (non-hydrogen) atoms. The van der Waals surface area contributed by atoms with Crippen LogP contribution in [-0.4, -0.2) is 6.54 Å². The molecular weight excluding hydrogens is 208 g/mol. The number of halogens is 2. The molecule has 1 aromatic rings. The minimum Gasteiger partial charge on any atom is -0.310 e. The van der Waals surface area contributed by atoms with Gasteiger partial charge in [-0.1, -0.05) is 19.4 Å². The average molecular weight is 225 g/mol. The molecule has 1 N–H and O–H groups in total. The molecule has 1 atom stereocenters. The van der Waals surface area contributed by atoms with Gasteiger partial charge in [-0.3, -0.25) is 0 Å². The summed E-state index contributed by atoms with van der Waals surface area (Å²) in [5.41, 5.74) is 1.36. The van der Waals surface area contributed by atoms with Gasteiger partial charge >= 0.3 is 0 Å². The standard InChI is InChI=1S/C13H17F2N/c1-2-9-7-10(13(15)11(14)8-9)12-5-3-4-6-16-12/h7-8,12,16H,2-6H2,1H3. The molecule has 1 aromatic carbocycles. The van der Waals surface area contributed by atoms with Gasteiger partial charge in [-0.15, -0.1) is 0 Å². The highest BCUT2D eigenvalue weighted by Gasteiger charge is 2.20. The summed E-state index contributed by atoms with van der Waals surface area (Å²) >= 11 is 0. The summed E-state index contributed by atoms with van der Waals surface area (Å²) in [6, 6.07) is 3.07. The first-order valence-corrected chi connectivity index (χ1v) is 5.93. The SMILES string of the molecule is CCc1cc(F)c(F)c(C2CCCCN2)c1. The summed E-state index contributed by atoms with van der Waals surface area (Å²) < 4.78 is 27.1. The maximum Gasteiger partial charge on any atom is 0.163 e. The molecule has 2 rings (SSSR count). The summed E-state index contributed by atoms with van der Waals surface area (Å²) in [4.78, 5) is 0. The Kier molecular flexibility index (Phi) is 3.54. The third-order valence-electron chi connectivity index (χ3n) is 3.21. The zero-order chi connectivity index (χ0) is 11.5. The molecule has 1 aliphatic rings. The van der Waals surface area contributed by atoms with Crippen LogP contribution in [0, 0.1) is 11.6 Å². The van der Waals surface area contributed by atoms with Crippen LogP contribution in [0.2, 0.25) is 0 Å². The van der Waals surface area contributed by atoms with Gasteiger partial charge in [-0.05, 0) is 37.4 Å². The van der Waals surface area contributed by atoms with Gasteiger partial charge in [0, 0.05) is 11.6 Å². The summed E-state index contributed by atoms with van der Waals surface area (Å²) in [6.45, 7) is 2.84. The minimum absolute atomic E-state index is 0.0188. The summed E-state index contributed by atoms with van der Waals surface area (Å²) in [5.74, 6) is -1.40. The van der Waals surface area contributed by atoms with E-state index >= 15 is 0 Å². The molecule has 1 heterocycles. The summed E-state index contributed by atoms with van der Waals surface area (Å²) in [6.07, 6.45) is 3.82. The lowest BCUT2D eigenvalue weighted by Gasteiger charge is -2.24. The highest BCUT2D eigenvalue weighted by Crippen LogP contribution is 2.27. The van der Waals surface area contributed by atoms with E-state index in [1.54, 1.807) is 6.07 Å². The molecule has 1 fully saturated rings. The lowest BCUT2D eigenvalue weighted by atomic mass is 9.95. The molecular formula is C13H17F2N. The molecule has 0 aliphatic carbocycles. The number of benzene rings is 1. The van der Waals surface area contributed by atoms with E-state index in [-0.39, 0.29) is 6.04 Å². The zero-order valence-corrected chi connectivity index (χ0v) is 9.52. The molecule has 0 aromatic heterocycles. The lowest BCUT2D eigenvalue weighted by Crippen LogP contribution is -2.27. The molecule has 1 aliphatic heterocycles. The second-order valence-electron chi connectivity index (χ2n) is 4.34. The minimum atomic E-state index is -0.721. The van der Waals surface area contributed by atoms with Gasteiger partial charge < -0.3 is 5.32 Å². The number of piperidine rings is 1. The second-order valence-corrected chi connectivity index (χ2v) is 4.34. The van der Waals surface area contributed by atoms with Gasteiger partial charge in [-0.25, -0.2) is 8.78 Å². The van der Waals surface area contributed by atoms with E-state index in [1.165, 1.54) is 6.07 Å². The smallest absolute Gasteiger partial charge is 0.163 e. The van der Waals surface area contributed by atoms with Crippen LogP contribution in [0.25, 0.3) is 0 Å². The quantitative estimate of drug-likeness (QED) is 0.814. The fraction of sp³-hybridized carbons (Fsp3) is 0.538. The van der Waals surface area contributed by atoms with Gasteiger partial charge in [-0.2, -0.15) is 0 Å². The van der Waals surface area contributed by atoms with Crippen molar-refractivity contribution in [3.8, 4) is 0 Å². The van der Waals surface area contributed by atoms with E-state index in [2.05, 4.69) is 5.32 Å². The van der Waals surface area contributed by atoms with Crippen LogP contribution >= 0.6 is 0 Å². The fourth-order valence-corrected chi connectivity index (χ4v) is 2.24. The van der Waals surface area contributed by atoms with Crippen LogP contribution < -0.4 is 5.32 Å². The Labute approximate surface area is 94.9 Å². The van der Waals surface area contributed by atoms with E-state index in [0.29, 0.717) is 5.56 Å². The number of aryl methyl sites for hydroxylation is 1. The molecule has 0 amide bonds. The van der Waals surface area contributed by atoms with Crippen molar-refractivity contribution in [2.75, 3.05) is 6.54 Å². The van der Waals surface area contributed by atoms with Crippen molar-refractivity contribution in [2.24, 2.45) is 0 Å². The van der Waals surface area contributed by atoms with Crippen molar-refractivity contribution < 1.29 is 8.78 Å². The van der Waals surface area contributed by atoms with Crippen LogP contribution in [0.3, 0.4) is 0 Å². The summed E-state index contributed by atoms with van der Waals surface area (Å²) in [7, 11) is 0. The first-order valence-electron chi connectivity index (χ1n) is 5.93. The first-order chi connectivity index (χ1) is 7.72. The Hall–Kier alpha value is -0.960. The van der Waals surface area contributed by atoms with Gasteiger partial charge in [0.2, 0.25) is 0 Å². The molecule has 0 bridgehead atoms. The van der Waals surface area contributed by atoms with Crippen molar-refractivity contribution in [3.05, 3.63) is 34.9 Å². The number of nitrogens with one attached hydrogen (secondary N) is 1. The lowest BCUT2D eigenvalue weighted by molar-refractivity contribution is 0.390. The Morgan fingerprint density at radius 1 is 1.31 bits per heavy atom. The van der Waals surface area contributed by atoms with Crippen LogP contribution in [0.5, 0.6) is 0 Å². The maximum absolute atomic E-state index is 13.7. The van der Waals surface area contributed by atoms with Crippen LogP contribution in [0.4, 0.5) is 8.78 Å². The van der Waals surface area contributed by atoms with E-state index in [0.717, 1.165) is 37.8 Å². The van der Waals surface area contributed by atoms with Crippen molar-refractivity contribution in [2.45, 2.75) is 38.6 Å². The molecule has 0 saturated carbocycles.